The summed E-state index contributed by atoms with van der Waals surface area (Å²) in [6.07, 6.45) is 10.5. The van der Waals surface area contributed by atoms with E-state index in [1.54, 1.807) is 0 Å². The van der Waals surface area contributed by atoms with E-state index in [0.29, 0.717) is 24.4 Å². The van der Waals surface area contributed by atoms with Gasteiger partial charge in [-0.25, -0.2) is 0 Å². The summed E-state index contributed by atoms with van der Waals surface area (Å²) in [5, 5.41) is 0. The summed E-state index contributed by atoms with van der Waals surface area (Å²) >= 11 is 0. The minimum Gasteiger partial charge on any atom is -0.338 e. The molecule has 3 heteroatoms. The van der Waals surface area contributed by atoms with Crippen molar-refractivity contribution in [2.45, 2.75) is 76.8 Å². The van der Waals surface area contributed by atoms with Gasteiger partial charge >= 0.3 is 0 Å². The van der Waals surface area contributed by atoms with Gasteiger partial charge in [0, 0.05) is 25.0 Å². The number of likely N-dealkylation sites (tertiary alicyclic amines) is 1. The summed E-state index contributed by atoms with van der Waals surface area (Å²) in [5.41, 5.74) is 1.38. The number of carbonyl (C=O) groups excluding carboxylic acids is 1. The highest BCUT2D eigenvalue weighted by Crippen LogP contribution is 2.30. The molecule has 1 aliphatic carbocycles. The van der Waals surface area contributed by atoms with Crippen LogP contribution in [0.1, 0.15) is 63.9 Å². The van der Waals surface area contributed by atoms with Gasteiger partial charge in [-0.2, -0.15) is 0 Å². The molecular weight excluding hydrogens is 308 g/mol. The SMILES string of the molecule is CCC(=O)N(CCCc1ccccc1)[C@@H]1CCCC[C@H]1N1CCCC1. The Balaban J connectivity index is 1.64. The average molecular weight is 343 g/mol. The number of aryl methyl sites for hydroxylation is 1. The fraction of sp³-hybridized carbons (Fsp3) is 0.682. The number of amides is 1. The summed E-state index contributed by atoms with van der Waals surface area (Å²) < 4.78 is 0. The van der Waals surface area contributed by atoms with Gasteiger partial charge in [0.25, 0.3) is 0 Å². The Morgan fingerprint density at radius 2 is 1.80 bits per heavy atom. The van der Waals surface area contributed by atoms with E-state index >= 15 is 0 Å². The topological polar surface area (TPSA) is 23.6 Å². The summed E-state index contributed by atoms with van der Waals surface area (Å²) in [4.78, 5) is 17.7. The molecule has 0 N–H and O–H groups in total. The Morgan fingerprint density at radius 3 is 2.52 bits per heavy atom. The second-order valence-corrected chi connectivity index (χ2v) is 7.69. The highest BCUT2D eigenvalue weighted by atomic mass is 16.2. The maximum absolute atomic E-state index is 12.7. The Labute approximate surface area is 153 Å². The lowest BCUT2D eigenvalue weighted by atomic mass is 9.87. The second-order valence-electron chi connectivity index (χ2n) is 7.69. The van der Waals surface area contributed by atoms with E-state index in [-0.39, 0.29) is 0 Å². The molecule has 1 saturated carbocycles. The highest BCUT2D eigenvalue weighted by molar-refractivity contribution is 5.76. The lowest BCUT2D eigenvalue weighted by molar-refractivity contribution is -0.135. The Morgan fingerprint density at radius 1 is 1.08 bits per heavy atom. The van der Waals surface area contributed by atoms with Crippen molar-refractivity contribution in [2.75, 3.05) is 19.6 Å². The van der Waals surface area contributed by atoms with Gasteiger partial charge in [0.15, 0.2) is 0 Å². The first-order chi connectivity index (χ1) is 12.3. The molecule has 1 saturated heterocycles. The number of benzene rings is 1. The van der Waals surface area contributed by atoms with Gasteiger partial charge in [-0.15, -0.1) is 0 Å². The molecule has 1 heterocycles. The zero-order valence-corrected chi connectivity index (χ0v) is 15.8. The van der Waals surface area contributed by atoms with Crippen molar-refractivity contribution in [2.24, 2.45) is 0 Å². The molecule has 0 unspecified atom stereocenters. The molecule has 138 valence electrons. The molecule has 0 bridgehead atoms. The summed E-state index contributed by atoms with van der Waals surface area (Å²) in [6, 6.07) is 11.7. The quantitative estimate of drug-likeness (QED) is 0.739. The van der Waals surface area contributed by atoms with Crippen LogP contribution in [-0.2, 0) is 11.2 Å². The van der Waals surface area contributed by atoms with Crippen molar-refractivity contribution in [1.82, 2.24) is 9.80 Å². The minimum atomic E-state index is 0.351. The third-order valence-corrected chi connectivity index (χ3v) is 6.03. The Kier molecular flexibility index (Phi) is 6.92. The number of hydrogen-bond acceptors (Lipinski definition) is 2. The monoisotopic (exact) mass is 342 g/mol. The van der Waals surface area contributed by atoms with Crippen LogP contribution in [0.3, 0.4) is 0 Å². The number of nitrogens with zero attached hydrogens (tertiary/aromatic N) is 2. The molecule has 1 aromatic rings. The van der Waals surface area contributed by atoms with Crippen molar-refractivity contribution >= 4 is 5.91 Å². The van der Waals surface area contributed by atoms with Crippen molar-refractivity contribution in [3.63, 3.8) is 0 Å². The number of hydrogen-bond donors (Lipinski definition) is 0. The van der Waals surface area contributed by atoms with Crippen LogP contribution < -0.4 is 0 Å². The molecular formula is C22H34N2O. The van der Waals surface area contributed by atoms with Crippen molar-refractivity contribution in [1.29, 1.82) is 0 Å². The van der Waals surface area contributed by atoms with E-state index in [1.807, 2.05) is 6.92 Å². The van der Waals surface area contributed by atoms with Crippen molar-refractivity contribution < 1.29 is 4.79 Å². The fourth-order valence-corrected chi connectivity index (χ4v) is 4.73. The van der Waals surface area contributed by atoms with Crippen LogP contribution in [0.25, 0.3) is 0 Å². The van der Waals surface area contributed by atoms with Gasteiger partial charge in [0.05, 0.1) is 0 Å². The third-order valence-electron chi connectivity index (χ3n) is 6.03. The molecule has 1 aromatic carbocycles. The van der Waals surface area contributed by atoms with E-state index in [9.17, 15) is 4.79 Å². The minimum absolute atomic E-state index is 0.351. The molecule has 25 heavy (non-hydrogen) atoms. The summed E-state index contributed by atoms with van der Waals surface area (Å²) in [6.45, 7) is 5.40. The van der Waals surface area contributed by atoms with Crippen LogP contribution in [-0.4, -0.2) is 47.4 Å². The van der Waals surface area contributed by atoms with E-state index < -0.39 is 0 Å². The number of rotatable bonds is 7. The molecule has 3 nitrogen and oxygen atoms in total. The zero-order chi connectivity index (χ0) is 17.5. The van der Waals surface area contributed by atoms with E-state index in [0.717, 1.165) is 19.4 Å². The molecule has 3 rings (SSSR count). The first-order valence-electron chi connectivity index (χ1n) is 10.4. The maximum Gasteiger partial charge on any atom is 0.222 e. The standard InChI is InChI=1S/C22H34N2O/c1-2-22(25)24(18-10-13-19-11-4-3-5-12-19)21-15-7-6-14-20(21)23-16-8-9-17-23/h3-5,11-12,20-21H,2,6-10,13-18H2,1H3/t20-,21-/m1/s1. The lowest BCUT2D eigenvalue weighted by Gasteiger charge is -2.44. The van der Waals surface area contributed by atoms with E-state index in [2.05, 4.69) is 40.1 Å². The van der Waals surface area contributed by atoms with Crippen LogP contribution in [0.15, 0.2) is 30.3 Å². The predicted octanol–water partition coefficient (Wildman–Crippen LogP) is 4.26. The largest absolute Gasteiger partial charge is 0.338 e. The van der Waals surface area contributed by atoms with Gasteiger partial charge in [0.1, 0.15) is 0 Å². The zero-order valence-electron chi connectivity index (χ0n) is 15.8. The van der Waals surface area contributed by atoms with Crippen LogP contribution in [0.4, 0.5) is 0 Å². The highest BCUT2D eigenvalue weighted by Gasteiger charge is 2.36. The maximum atomic E-state index is 12.7. The molecule has 1 amide bonds. The van der Waals surface area contributed by atoms with Gasteiger partial charge in [-0.1, -0.05) is 50.1 Å². The fourth-order valence-electron chi connectivity index (χ4n) is 4.73. The van der Waals surface area contributed by atoms with E-state index in [1.165, 1.54) is 57.2 Å². The van der Waals surface area contributed by atoms with E-state index in [4.69, 9.17) is 0 Å². The first kappa shape index (κ1) is 18.4. The van der Waals surface area contributed by atoms with Gasteiger partial charge in [-0.05, 0) is 57.2 Å². The normalized spacial score (nSPS) is 24.4. The van der Waals surface area contributed by atoms with Gasteiger partial charge in [0.2, 0.25) is 5.91 Å². The Bertz CT molecular complexity index is 524. The molecule has 0 aromatic heterocycles. The molecule has 2 atom stereocenters. The predicted molar refractivity (Wildman–Crippen MR) is 104 cm³/mol. The van der Waals surface area contributed by atoms with Gasteiger partial charge < -0.3 is 4.90 Å². The van der Waals surface area contributed by atoms with Crippen LogP contribution in [0.2, 0.25) is 0 Å². The van der Waals surface area contributed by atoms with Crippen molar-refractivity contribution in [3.8, 4) is 0 Å². The van der Waals surface area contributed by atoms with Crippen LogP contribution in [0, 0.1) is 0 Å². The van der Waals surface area contributed by atoms with Gasteiger partial charge in [-0.3, -0.25) is 9.69 Å². The first-order valence-corrected chi connectivity index (χ1v) is 10.4. The molecule has 0 spiro atoms. The molecule has 2 fully saturated rings. The molecule has 0 radical (unpaired) electrons. The smallest absolute Gasteiger partial charge is 0.222 e. The number of carbonyl (C=O) groups is 1. The van der Waals surface area contributed by atoms with Crippen molar-refractivity contribution in [3.05, 3.63) is 35.9 Å². The third kappa shape index (κ3) is 4.84. The van der Waals surface area contributed by atoms with Crippen LogP contribution >= 0.6 is 0 Å². The average Bonchev–Trinajstić information content (AvgIpc) is 3.20. The second kappa shape index (κ2) is 9.38. The molecule has 1 aliphatic heterocycles. The Hall–Kier alpha value is -1.35. The lowest BCUT2D eigenvalue weighted by Crippen LogP contribution is -2.54. The summed E-state index contributed by atoms with van der Waals surface area (Å²) in [7, 11) is 0. The summed E-state index contributed by atoms with van der Waals surface area (Å²) in [5.74, 6) is 0.351. The molecule has 2 aliphatic rings. The van der Waals surface area contributed by atoms with Crippen LogP contribution in [0.5, 0.6) is 0 Å².